The van der Waals surface area contributed by atoms with Gasteiger partial charge in [0.1, 0.15) is 5.69 Å². The Hall–Kier alpha value is -1.63. The van der Waals surface area contributed by atoms with Gasteiger partial charge in [-0.15, -0.1) is 0 Å². The minimum atomic E-state index is -4.64. The van der Waals surface area contributed by atoms with Gasteiger partial charge in [0.2, 0.25) is 0 Å². The third kappa shape index (κ3) is 4.43. The van der Waals surface area contributed by atoms with Crippen LogP contribution < -0.4 is 5.56 Å². The van der Waals surface area contributed by atoms with E-state index in [4.69, 9.17) is 0 Å². The summed E-state index contributed by atoms with van der Waals surface area (Å²) in [6.45, 7) is 5.22. The SMILES string of the molecule is CCC(=O)c1ccc(C(F)(F)F)n(CCC(C)(C)N(C)C)c1=O. The Morgan fingerprint density at radius 3 is 2.22 bits per heavy atom. The standard InChI is InChI=1S/C16H23F3N2O2/c1-6-12(22)11-7-8-13(16(17,18)19)21(14(11)23)10-9-15(2,3)20(4)5/h7-8H,6,9-10H2,1-5H3. The van der Waals surface area contributed by atoms with Crippen LogP contribution in [0.25, 0.3) is 0 Å². The molecule has 1 aromatic rings. The number of hydrogen-bond acceptors (Lipinski definition) is 3. The molecule has 0 N–H and O–H groups in total. The van der Waals surface area contributed by atoms with Gasteiger partial charge in [0, 0.05) is 18.5 Å². The van der Waals surface area contributed by atoms with E-state index in [1.165, 1.54) is 0 Å². The molecule has 0 amide bonds. The third-order valence-corrected chi connectivity index (χ3v) is 4.24. The first kappa shape index (κ1) is 19.4. The number of rotatable bonds is 6. The predicted octanol–water partition coefficient (Wildman–Crippen LogP) is 3.19. The molecule has 0 saturated carbocycles. The van der Waals surface area contributed by atoms with Crippen LogP contribution >= 0.6 is 0 Å². The molecule has 23 heavy (non-hydrogen) atoms. The molecule has 0 bridgehead atoms. The van der Waals surface area contributed by atoms with Gasteiger partial charge in [-0.2, -0.15) is 13.2 Å². The molecule has 0 aromatic carbocycles. The summed E-state index contributed by atoms with van der Waals surface area (Å²) in [5.74, 6) is -0.454. The van der Waals surface area contributed by atoms with Crippen molar-refractivity contribution in [3.63, 3.8) is 0 Å². The first-order valence-corrected chi connectivity index (χ1v) is 7.43. The summed E-state index contributed by atoms with van der Waals surface area (Å²) < 4.78 is 40.2. The molecule has 0 aliphatic carbocycles. The molecular formula is C16H23F3N2O2. The Morgan fingerprint density at radius 2 is 1.78 bits per heavy atom. The zero-order valence-electron chi connectivity index (χ0n) is 14.1. The van der Waals surface area contributed by atoms with Crippen LogP contribution in [0.3, 0.4) is 0 Å². The Balaban J connectivity index is 3.36. The largest absolute Gasteiger partial charge is 0.431 e. The quantitative estimate of drug-likeness (QED) is 0.752. The zero-order valence-corrected chi connectivity index (χ0v) is 14.1. The maximum absolute atomic E-state index is 13.2. The molecule has 1 aromatic heterocycles. The van der Waals surface area contributed by atoms with E-state index in [0.29, 0.717) is 11.0 Å². The van der Waals surface area contributed by atoms with E-state index in [-0.39, 0.29) is 24.1 Å². The van der Waals surface area contributed by atoms with E-state index in [9.17, 15) is 22.8 Å². The smallest absolute Gasteiger partial charge is 0.304 e. The van der Waals surface area contributed by atoms with Gasteiger partial charge >= 0.3 is 6.18 Å². The topological polar surface area (TPSA) is 42.3 Å². The van der Waals surface area contributed by atoms with Crippen molar-refractivity contribution in [2.24, 2.45) is 0 Å². The molecule has 0 aliphatic heterocycles. The number of carbonyl (C=O) groups is 1. The molecule has 0 spiro atoms. The molecule has 0 atom stereocenters. The summed E-state index contributed by atoms with van der Waals surface area (Å²) in [5, 5.41) is 0. The lowest BCUT2D eigenvalue weighted by Crippen LogP contribution is -2.41. The fraction of sp³-hybridized carbons (Fsp3) is 0.625. The molecule has 0 saturated heterocycles. The number of ketones is 1. The lowest BCUT2D eigenvalue weighted by molar-refractivity contribution is -0.144. The van der Waals surface area contributed by atoms with Crippen molar-refractivity contribution in [2.45, 2.75) is 51.9 Å². The minimum Gasteiger partial charge on any atom is -0.304 e. The molecule has 4 nitrogen and oxygen atoms in total. The van der Waals surface area contributed by atoms with Gasteiger partial charge in [0.05, 0.1) is 5.56 Å². The summed E-state index contributed by atoms with van der Waals surface area (Å²) in [4.78, 5) is 26.0. The first-order chi connectivity index (χ1) is 10.4. The van der Waals surface area contributed by atoms with Crippen molar-refractivity contribution in [2.75, 3.05) is 14.1 Å². The maximum Gasteiger partial charge on any atom is 0.431 e. The number of Topliss-reactive ketones (excluding diaryl/α,β-unsaturated/α-hetero) is 1. The van der Waals surface area contributed by atoms with Gasteiger partial charge in [-0.25, -0.2) is 0 Å². The lowest BCUT2D eigenvalue weighted by Gasteiger charge is -2.33. The Bertz CT molecular complexity index is 631. The van der Waals surface area contributed by atoms with Crippen LogP contribution in [0, 0.1) is 0 Å². The van der Waals surface area contributed by atoms with Crippen LogP contribution in [-0.2, 0) is 12.7 Å². The predicted molar refractivity (Wildman–Crippen MR) is 82.7 cm³/mol. The molecule has 0 unspecified atom stereocenters. The molecule has 0 radical (unpaired) electrons. The minimum absolute atomic E-state index is 0.0732. The highest BCUT2D eigenvalue weighted by molar-refractivity contribution is 5.95. The Kier molecular flexibility index (Phi) is 5.79. The van der Waals surface area contributed by atoms with Gasteiger partial charge in [0.15, 0.2) is 5.78 Å². The van der Waals surface area contributed by atoms with Gasteiger partial charge in [-0.1, -0.05) is 6.92 Å². The van der Waals surface area contributed by atoms with Gasteiger partial charge in [0.25, 0.3) is 5.56 Å². The number of carbonyl (C=O) groups excluding carboxylic acids is 1. The van der Waals surface area contributed by atoms with Crippen molar-refractivity contribution in [3.05, 3.63) is 33.7 Å². The van der Waals surface area contributed by atoms with Crippen molar-refractivity contribution in [1.29, 1.82) is 0 Å². The molecule has 1 rings (SSSR count). The average molecular weight is 332 g/mol. The third-order valence-electron chi connectivity index (χ3n) is 4.24. The van der Waals surface area contributed by atoms with E-state index < -0.39 is 23.2 Å². The Morgan fingerprint density at radius 1 is 1.22 bits per heavy atom. The summed E-state index contributed by atoms with van der Waals surface area (Å²) in [5.41, 5.74) is -2.47. The van der Waals surface area contributed by atoms with E-state index in [2.05, 4.69) is 0 Å². The fourth-order valence-electron chi connectivity index (χ4n) is 2.06. The van der Waals surface area contributed by atoms with E-state index >= 15 is 0 Å². The average Bonchev–Trinajstić information content (AvgIpc) is 2.43. The van der Waals surface area contributed by atoms with E-state index in [1.807, 2.05) is 32.8 Å². The summed E-state index contributed by atoms with van der Waals surface area (Å²) >= 11 is 0. The van der Waals surface area contributed by atoms with Crippen LogP contribution in [-0.4, -0.2) is 34.9 Å². The normalized spacial score (nSPS) is 12.7. The number of hydrogen-bond donors (Lipinski definition) is 0. The lowest BCUT2D eigenvalue weighted by atomic mass is 9.99. The van der Waals surface area contributed by atoms with Crippen LogP contribution in [0.4, 0.5) is 13.2 Å². The van der Waals surface area contributed by atoms with Crippen LogP contribution in [0.5, 0.6) is 0 Å². The summed E-state index contributed by atoms with van der Waals surface area (Å²) in [7, 11) is 3.65. The summed E-state index contributed by atoms with van der Waals surface area (Å²) in [6, 6.07) is 1.79. The number of nitrogens with zero attached hydrogens (tertiary/aromatic N) is 2. The zero-order chi connectivity index (χ0) is 18.0. The van der Waals surface area contributed by atoms with Crippen LogP contribution in [0.15, 0.2) is 16.9 Å². The van der Waals surface area contributed by atoms with Crippen molar-refractivity contribution in [3.8, 4) is 0 Å². The molecule has 0 fully saturated rings. The van der Waals surface area contributed by atoms with Gasteiger partial charge in [-0.3, -0.25) is 9.59 Å². The highest BCUT2D eigenvalue weighted by atomic mass is 19.4. The fourth-order valence-corrected chi connectivity index (χ4v) is 2.06. The maximum atomic E-state index is 13.2. The van der Waals surface area contributed by atoms with Crippen LogP contribution in [0.2, 0.25) is 0 Å². The monoisotopic (exact) mass is 332 g/mol. The number of pyridine rings is 1. The van der Waals surface area contributed by atoms with Gasteiger partial charge in [-0.05, 0) is 46.5 Å². The van der Waals surface area contributed by atoms with Crippen LogP contribution in [0.1, 0.15) is 49.7 Å². The number of aromatic nitrogens is 1. The highest BCUT2D eigenvalue weighted by Gasteiger charge is 2.35. The highest BCUT2D eigenvalue weighted by Crippen LogP contribution is 2.29. The second-order valence-electron chi connectivity index (χ2n) is 6.32. The number of alkyl halides is 3. The Labute approximate surface area is 133 Å². The van der Waals surface area contributed by atoms with Crippen molar-refractivity contribution < 1.29 is 18.0 Å². The van der Waals surface area contributed by atoms with E-state index in [0.717, 1.165) is 12.1 Å². The molecule has 1 heterocycles. The van der Waals surface area contributed by atoms with E-state index in [1.54, 1.807) is 6.92 Å². The van der Waals surface area contributed by atoms with Crippen molar-refractivity contribution in [1.82, 2.24) is 9.47 Å². The molecule has 0 aliphatic rings. The molecule has 7 heteroatoms. The molecule has 130 valence electrons. The van der Waals surface area contributed by atoms with Crippen molar-refractivity contribution >= 4 is 5.78 Å². The first-order valence-electron chi connectivity index (χ1n) is 7.43. The van der Waals surface area contributed by atoms with Gasteiger partial charge < -0.3 is 9.47 Å². The number of halogens is 3. The molecular weight excluding hydrogens is 309 g/mol. The second kappa shape index (κ2) is 6.86. The second-order valence-corrected chi connectivity index (χ2v) is 6.32. The summed E-state index contributed by atoms with van der Waals surface area (Å²) in [6.07, 6.45) is -4.23.